The van der Waals surface area contributed by atoms with Crippen LogP contribution in [0.25, 0.3) is 0 Å². The SMILES string of the molecule is CCC(C(=O)NC)N(Cc1cccc(OC)c1)C(=O)CSCc1ccccc1Cl. The molecule has 2 aromatic rings. The predicted molar refractivity (Wildman–Crippen MR) is 119 cm³/mol. The Labute approximate surface area is 181 Å². The molecule has 0 radical (unpaired) electrons. The molecule has 29 heavy (non-hydrogen) atoms. The summed E-state index contributed by atoms with van der Waals surface area (Å²) in [6, 6.07) is 14.6. The number of thioether (sulfide) groups is 1. The number of hydrogen-bond donors (Lipinski definition) is 1. The van der Waals surface area contributed by atoms with Crippen LogP contribution in [0.4, 0.5) is 0 Å². The van der Waals surface area contributed by atoms with E-state index in [9.17, 15) is 9.59 Å². The topological polar surface area (TPSA) is 58.6 Å². The molecular weight excluding hydrogens is 408 g/mol. The number of nitrogens with zero attached hydrogens (tertiary/aromatic N) is 1. The van der Waals surface area contributed by atoms with Gasteiger partial charge in [-0.1, -0.05) is 48.9 Å². The summed E-state index contributed by atoms with van der Waals surface area (Å²) < 4.78 is 5.28. The smallest absolute Gasteiger partial charge is 0.242 e. The minimum Gasteiger partial charge on any atom is -0.497 e. The number of hydrogen-bond acceptors (Lipinski definition) is 4. The summed E-state index contributed by atoms with van der Waals surface area (Å²) in [7, 11) is 3.19. The lowest BCUT2D eigenvalue weighted by atomic mass is 10.1. The van der Waals surface area contributed by atoms with Crippen LogP contribution in [0.2, 0.25) is 5.02 Å². The largest absolute Gasteiger partial charge is 0.497 e. The van der Waals surface area contributed by atoms with Crippen molar-refractivity contribution in [1.82, 2.24) is 10.2 Å². The van der Waals surface area contributed by atoms with E-state index < -0.39 is 6.04 Å². The number of nitrogens with one attached hydrogen (secondary N) is 1. The van der Waals surface area contributed by atoms with Gasteiger partial charge in [0.15, 0.2) is 0 Å². The molecule has 0 aliphatic rings. The first-order valence-corrected chi connectivity index (χ1v) is 11.0. The van der Waals surface area contributed by atoms with E-state index in [0.717, 1.165) is 16.9 Å². The number of methoxy groups -OCH3 is 1. The Balaban J connectivity index is 2.13. The van der Waals surface area contributed by atoms with E-state index in [2.05, 4.69) is 5.32 Å². The second kappa shape index (κ2) is 11.7. The second-order valence-electron chi connectivity index (χ2n) is 6.50. The van der Waals surface area contributed by atoms with E-state index in [-0.39, 0.29) is 17.6 Å². The highest BCUT2D eigenvalue weighted by atomic mass is 35.5. The van der Waals surface area contributed by atoms with Crippen LogP contribution < -0.4 is 10.1 Å². The molecule has 0 spiro atoms. The first kappa shape index (κ1) is 23.1. The molecule has 1 atom stereocenters. The molecule has 0 saturated carbocycles. The maximum Gasteiger partial charge on any atom is 0.242 e. The van der Waals surface area contributed by atoms with Gasteiger partial charge in [0.2, 0.25) is 11.8 Å². The van der Waals surface area contributed by atoms with Crippen LogP contribution in [0, 0.1) is 0 Å². The van der Waals surface area contributed by atoms with Gasteiger partial charge in [0.1, 0.15) is 11.8 Å². The van der Waals surface area contributed by atoms with Gasteiger partial charge in [0.05, 0.1) is 12.9 Å². The van der Waals surface area contributed by atoms with E-state index in [1.54, 1.807) is 19.1 Å². The van der Waals surface area contributed by atoms with Crippen molar-refractivity contribution in [3.63, 3.8) is 0 Å². The molecule has 7 heteroatoms. The molecule has 0 heterocycles. The minimum atomic E-state index is -0.528. The molecule has 0 saturated heterocycles. The number of benzene rings is 2. The second-order valence-corrected chi connectivity index (χ2v) is 7.89. The third-order valence-corrected chi connectivity index (χ3v) is 5.90. The molecule has 1 unspecified atom stereocenters. The molecule has 0 aromatic heterocycles. The molecule has 0 bridgehead atoms. The number of carbonyl (C=O) groups is 2. The van der Waals surface area contributed by atoms with Crippen LogP contribution in [0.5, 0.6) is 5.75 Å². The van der Waals surface area contributed by atoms with Crippen LogP contribution in [0.15, 0.2) is 48.5 Å². The summed E-state index contributed by atoms with van der Waals surface area (Å²) in [4.78, 5) is 27.1. The quantitative estimate of drug-likeness (QED) is 0.610. The fourth-order valence-corrected chi connectivity index (χ4v) is 4.20. The van der Waals surface area contributed by atoms with E-state index in [4.69, 9.17) is 16.3 Å². The number of carbonyl (C=O) groups excluding carboxylic acids is 2. The van der Waals surface area contributed by atoms with Crippen LogP contribution in [0.1, 0.15) is 24.5 Å². The summed E-state index contributed by atoms with van der Waals surface area (Å²) in [5.74, 6) is 1.37. The van der Waals surface area contributed by atoms with Crippen LogP contribution in [-0.2, 0) is 21.9 Å². The van der Waals surface area contributed by atoms with Crippen molar-refractivity contribution < 1.29 is 14.3 Å². The molecule has 2 amide bonds. The maximum atomic E-state index is 13.1. The Morgan fingerprint density at radius 3 is 2.62 bits per heavy atom. The van der Waals surface area contributed by atoms with Crippen LogP contribution in [0.3, 0.4) is 0 Å². The Morgan fingerprint density at radius 2 is 1.97 bits per heavy atom. The molecule has 0 aliphatic carbocycles. The summed E-state index contributed by atoms with van der Waals surface area (Å²) in [6.45, 7) is 2.25. The third-order valence-electron chi connectivity index (χ3n) is 4.56. The molecule has 2 aromatic carbocycles. The van der Waals surface area contributed by atoms with Gasteiger partial charge in [-0.25, -0.2) is 0 Å². The van der Waals surface area contributed by atoms with Crippen LogP contribution in [-0.4, -0.2) is 42.7 Å². The lowest BCUT2D eigenvalue weighted by Gasteiger charge is -2.30. The van der Waals surface area contributed by atoms with Gasteiger partial charge in [0.25, 0.3) is 0 Å². The van der Waals surface area contributed by atoms with Crippen molar-refractivity contribution >= 4 is 35.2 Å². The standard InChI is InChI=1S/C22H27ClN2O3S/c1-4-20(22(27)24-2)25(13-16-8-7-10-18(12-16)28-3)21(26)15-29-14-17-9-5-6-11-19(17)23/h5-12,20H,4,13-15H2,1-3H3,(H,24,27). The number of amides is 2. The average molecular weight is 435 g/mol. The Bertz CT molecular complexity index is 831. The van der Waals surface area contributed by atoms with E-state index in [1.807, 2.05) is 55.5 Å². The highest BCUT2D eigenvalue weighted by Gasteiger charge is 2.27. The normalized spacial score (nSPS) is 11.6. The van der Waals surface area contributed by atoms with Gasteiger partial charge >= 0.3 is 0 Å². The summed E-state index contributed by atoms with van der Waals surface area (Å²) in [5.41, 5.74) is 1.90. The van der Waals surface area contributed by atoms with Crippen molar-refractivity contribution in [3.8, 4) is 5.75 Å². The predicted octanol–water partition coefficient (Wildman–Crippen LogP) is 4.14. The zero-order chi connectivity index (χ0) is 21.2. The third kappa shape index (κ3) is 6.68. The number of likely N-dealkylation sites (N-methyl/N-ethyl adjacent to an activating group) is 1. The van der Waals surface area contributed by atoms with Crippen molar-refractivity contribution in [2.24, 2.45) is 0 Å². The average Bonchev–Trinajstić information content (AvgIpc) is 2.74. The van der Waals surface area contributed by atoms with E-state index in [0.29, 0.717) is 23.7 Å². The van der Waals surface area contributed by atoms with Gasteiger partial charge in [0, 0.05) is 24.4 Å². The Hall–Kier alpha value is -2.18. The highest BCUT2D eigenvalue weighted by molar-refractivity contribution is 7.99. The van der Waals surface area contributed by atoms with Crippen LogP contribution >= 0.6 is 23.4 Å². The summed E-state index contributed by atoms with van der Waals surface area (Å²) in [6.07, 6.45) is 0.532. The van der Waals surface area contributed by atoms with E-state index in [1.165, 1.54) is 11.8 Å². The number of halogens is 1. The summed E-state index contributed by atoms with van der Waals surface area (Å²) >= 11 is 7.69. The zero-order valence-electron chi connectivity index (χ0n) is 17.0. The molecular formula is C22H27ClN2O3S. The Kier molecular flexibility index (Phi) is 9.35. The first-order chi connectivity index (χ1) is 14.0. The Morgan fingerprint density at radius 1 is 1.21 bits per heavy atom. The van der Waals surface area contributed by atoms with Gasteiger partial charge in [-0.2, -0.15) is 0 Å². The fourth-order valence-electron chi connectivity index (χ4n) is 3.00. The van der Waals surface area contributed by atoms with Crippen molar-refractivity contribution in [2.45, 2.75) is 31.7 Å². The minimum absolute atomic E-state index is 0.0830. The zero-order valence-corrected chi connectivity index (χ0v) is 18.6. The molecule has 2 rings (SSSR count). The number of ether oxygens (including phenoxy) is 1. The van der Waals surface area contributed by atoms with Gasteiger partial charge in [-0.15, -0.1) is 11.8 Å². The fraction of sp³-hybridized carbons (Fsp3) is 0.364. The van der Waals surface area contributed by atoms with Crippen molar-refractivity contribution in [3.05, 3.63) is 64.7 Å². The molecule has 1 N–H and O–H groups in total. The van der Waals surface area contributed by atoms with Gasteiger partial charge < -0.3 is 15.0 Å². The monoisotopic (exact) mass is 434 g/mol. The van der Waals surface area contributed by atoms with Crippen molar-refractivity contribution in [1.29, 1.82) is 0 Å². The maximum absolute atomic E-state index is 13.1. The molecule has 0 aliphatic heterocycles. The summed E-state index contributed by atoms with van der Waals surface area (Å²) in [5, 5.41) is 3.36. The highest BCUT2D eigenvalue weighted by Crippen LogP contribution is 2.22. The van der Waals surface area contributed by atoms with E-state index >= 15 is 0 Å². The van der Waals surface area contributed by atoms with Gasteiger partial charge in [-0.3, -0.25) is 9.59 Å². The van der Waals surface area contributed by atoms with Gasteiger partial charge in [-0.05, 0) is 35.7 Å². The van der Waals surface area contributed by atoms with Crippen molar-refractivity contribution in [2.75, 3.05) is 19.9 Å². The lowest BCUT2D eigenvalue weighted by Crippen LogP contribution is -2.48. The molecule has 0 fully saturated rings. The molecule has 156 valence electrons. The lowest BCUT2D eigenvalue weighted by molar-refractivity contribution is -0.139. The first-order valence-electron chi connectivity index (χ1n) is 9.45. The number of rotatable bonds is 10. The molecule has 5 nitrogen and oxygen atoms in total.